The van der Waals surface area contributed by atoms with E-state index >= 15 is 0 Å². The lowest BCUT2D eigenvalue weighted by Crippen LogP contribution is -2.10. The summed E-state index contributed by atoms with van der Waals surface area (Å²) in [6.45, 7) is 3.62. The molecule has 0 aromatic rings. The van der Waals surface area contributed by atoms with Crippen LogP contribution in [0.25, 0.3) is 0 Å². The summed E-state index contributed by atoms with van der Waals surface area (Å²) in [5, 5.41) is 18.4. The zero-order chi connectivity index (χ0) is 16.9. The number of hydrogen-bond donors (Lipinski definition) is 2. The number of carbonyl (C=O) groups is 1. The molecule has 0 aromatic heterocycles. The van der Waals surface area contributed by atoms with E-state index in [1.54, 1.807) is 6.08 Å². The van der Waals surface area contributed by atoms with E-state index in [2.05, 4.69) is 19.1 Å². The van der Waals surface area contributed by atoms with Gasteiger partial charge in [0.1, 0.15) is 0 Å². The molecule has 0 bridgehead atoms. The van der Waals surface area contributed by atoms with Crippen LogP contribution in [-0.2, 0) is 9.53 Å². The van der Waals surface area contributed by atoms with E-state index in [4.69, 9.17) is 9.84 Å². The lowest BCUT2D eigenvalue weighted by Gasteiger charge is -2.12. The highest BCUT2D eigenvalue weighted by Crippen LogP contribution is 2.26. The van der Waals surface area contributed by atoms with Gasteiger partial charge in [-0.3, -0.25) is 0 Å². The van der Waals surface area contributed by atoms with Gasteiger partial charge in [-0.05, 0) is 25.2 Å². The fourth-order valence-electron chi connectivity index (χ4n) is 2.66. The maximum atomic E-state index is 10.3. The van der Waals surface area contributed by atoms with Crippen LogP contribution >= 0.6 is 0 Å². The molecular weight excluding hydrogens is 292 g/mol. The Labute approximate surface area is 139 Å². The van der Waals surface area contributed by atoms with E-state index in [0.717, 1.165) is 38.6 Å². The largest absolute Gasteiger partial charge is 0.478 e. The van der Waals surface area contributed by atoms with Crippen molar-refractivity contribution in [1.29, 1.82) is 0 Å². The van der Waals surface area contributed by atoms with Crippen molar-refractivity contribution in [3.05, 3.63) is 36.5 Å². The van der Waals surface area contributed by atoms with E-state index in [9.17, 15) is 9.90 Å². The van der Waals surface area contributed by atoms with Crippen LogP contribution in [0.4, 0.5) is 0 Å². The fraction of sp³-hybridized carbons (Fsp3) is 0.632. The monoisotopic (exact) mass is 322 g/mol. The first-order chi connectivity index (χ1) is 11.1. The number of ether oxygens (including phenoxy) is 1. The number of rotatable bonds is 11. The second kappa shape index (κ2) is 12.1. The van der Waals surface area contributed by atoms with Gasteiger partial charge in [0.15, 0.2) is 0 Å². The Hall–Kier alpha value is -1.39. The topological polar surface area (TPSA) is 66.8 Å². The number of carboxylic acid groups (broad SMARTS) is 1. The van der Waals surface area contributed by atoms with Crippen molar-refractivity contribution in [3.8, 4) is 0 Å². The molecule has 0 spiro atoms. The van der Waals surface area contributed by atoms with Crippen molar-refractivity contribution in [3.63, 3.8) is 0 Å². The average Bonchev–Trinajstić information content (AvgIpc) is 2.96. The van der Waals surface area contributed by atoms with Crippen molar-refractivity contribution in [2.24, 2.45) is 11.8 Å². The molecule has 0 radical (unpaired) electrons. The molecule has 130 valence electrons. The molecule has 1 unspecified atom stereocenters. The number of unbranched alkanes of at least 4 members (excludes halogenated alkanes) is 2. The first kappa shape index (κ1) is 19.7. The first-order valence-electron chi connectivity index (χ1n) is 8.62. The van der Waals surface area contributed by atoms with Gasteiger partial charge in [-0.1, -0.05) is 56.6 Å². The molecule has 0 aromatic carbocycles. The predicted octanol–water partition coefficient (Wildman–Crippen LogP) is 3.72. The minimum absolute atomic E-state index is 0.348. The molecule has 0 saturated carbocycles. The predicted molar refractivity (Wildman–Crippen MR) is 92.2 cm³/mol. The number of aliphatic hydroxyl groups is 1. The summed E-state index contributed by atoms with van der Waals surface area (Å²) in [4.78, 5) is 10.3. The zero-order valence-corrected chi connectivity index (χ0v) is 14.1. The molecule has 1 heterocycles. The molecule has 0 aliphatic carbocycles. The van der Waals surface area contributed by atoms with E-state index in [1.165, 1.54) is 12.8 Å². The van der Waals surface area contributed by atoms with Gasteiger partial charge in [-0.2, -0.15) is 0 Å². The standard InChI is InChI=1S/C19H30O4/c1-2-3-6-10-18(20)13-12-17-15-23-14-16(17)9-7-4-5-8-11-19(21)22/h4,7-8,11-13,16-18,20H,2-3,5-6,9-10,14-15H2,1H3,(H,21,22)/b7-4?,11-8-,13-12+/t16-,17-,18?/m1/s1. The van der Waals surface area contributed by atoms with Crippen LogP contribution in [0, 0.1) is 11.8 Å². The highest BCUT2D eigenvalue weighted by atomic mass is 16.5. The van der Waals surface area contributed by atoms with E-state index in [0.29, 0.717) is 18.3 Å². The van der Waals surface area contributed by atoms with Crippen molar-refractivity contribution in [1.82, 2.24) is 0 Å². The fourth-order valence-corrected chi connectivity index (χ4v) is 2.66. The normalized spacial score (nSPS) is 23.4. The van der Waals surface area contributed by atoms with Crippen molar-refractivity contribution in [2.45, 2.75) is 51.6 Å². The van der Waals surface area contributed by atoms with Crippen LogP contribution in [0.15, 0.2) is 36.5 Å². The second-order valence-corrected chi connectivity index (χ2v) is 6.09. The molecule has 3 atom stereocenters. The minimum atomic E-state index is -0.912. The molecule has 1 fully saturated rings. The maximum absolute atomic E-state index is 10.3. The molecule has 4 nitrogen and oxygen atoms in total. The van der Waals surface area contributed by atoms with Crippen LogP contribution in [0.5, 0.6) is 0 Å². The van der Waals surface area contributed by atoms with Crippen LogP contribution in [0.2, 0.25) is 0 Å². The third-order valence-corrected chi connectivity index (χ3v) is 4.07. The van der Waals surface area contributed by atoms with Crippen molar-refractivity contribution >= 4 is 5.97 Å². The smallest absolute Gasteiger partial charge is 0.327 e. The number of carboxylic acids is 1. The summed E-state index contributed by atoms with van der Waals surface area (Å²) < 4.78 is 5.55. The van der Waals surface area contributed by atoms with Gasteiger partial charge in [-0.25, -0.2) is 4.79 Å². The van der Waals surface area contributed by atoms with Gasteiger partial charge in [0.2, 0.25) is 0 Å². The maximum Gasteiger partial charge on any atom is 0.327 e. The summed E-state index contributed by atoms with van der Waals surface area (Å²) >= 11 is 0. The lowest BCUT2D eigenvalue weighted by molar-refractivity contribution is -0.131. The molecular formula is C19H30O4. The highest BCUT2D eigenvalue weighted by Gasteiger charge is 2.24. The summed E-state index contributed by atoms with van der Waals surface area (Å²) in [5.74, 6) is -0.117. The average molecular weight is 322 g/mol. The molecule has 4 heteroatoms. The van der Waals surface area contributed by atoms with Crippen LogP contribution in [0.1, 0.15) is 45.4 Å². The van der Waals surface area contributed by atoms with Gasteiger partial charge in [0.05, 0.1) is 19.3 Å². The van der Waals surface area contributed by atoms with Gasteiger partial charge < -0.3 is 14.9 Å². The molecule has 1 rings (SSSR count). The van der Waals surface area contributed by atoms with Crippen molar-refractivity contribution in [2.75, 3.05) is 13.2 Å². The molecule has 23 heavy (non-hydrogen) atoms. The number of allylic oxidation sites excluding steroid dienone is 3. The Morgan fingerprint density at radius 1 is 1.26 bits per heavy atom. The van der Waals surface area contributed by atoms with Crippen LogP contribution in [0.3, 0.4) is 0 Å². The summed E-state index contributed by atoms with van der Waals surface area (Å²) in [7, 11) is 0. The quantitative estimate of drug-likeness (QED) is 0.345. The Morgan fingerprint density at radius 2 is 2.09 bits per heavy atom. The third kappa shape index (κ3) is 9.36. The van der Waals surface area contributed by atoms with E-state index < -0.39 is 5.97 Å². The Kier molecular flexibility index (Phi) is 10.3. The van der Waals surface area contributed by atoms with Gasteiger partial charge in [0, 0.05) is 12.0 Å². The summed E-state index contributed by atoms with van der Waals surface area (Å²) in [6, 6.07) is 0. The molecule has 1 saturated heterocycles. The molecule has 0 amide bonds. The van der Waals surface area contributed by atoms with Gasteiger partial charge in [0.25, 0.3) is 0 Å². The van der Waals surface area contributed by atoms with Gasteiger partial charge in [-0.15, -0.1) is 0 Å². The summed E-state index contributed by atoms with van der Waals surface area (Å²) in [6.07, 6.45) is 16.3. The molecule has 1 aliphatic rings. The van der Waals surface area contributed by atoms with Crippen molar-refractivity contribution < 1.29 is 19.7 Å². The van der Waals surface area contributed by atoms with E-state index in [1.807, 2.05) is 12.2 Å². The zero-order valence-electron chi connectivity index (χ0n) is 14.1. The first-order valence-corrected chi connectivity index (χ1v) is 8.62. The Morgan fingerprint density at radius 3 is 2.83 bits per heavy atom. The number of aliphatic hydroxyl groups excluding tert-OH is 1. The van der Waals surface area contributed by atoms with E-state index in [-0.39, 0.29) is 6.10 Å². The van der Waals surface area contributed by atoms with Gasteiger partial charge >= 0.3 is 5.97 Å². The molecule has 1 aliphatic heterocycles. The number of hydrogen-bond acceptors (Lipinski definition) is 3. The Balaban J connectivity index is 2.30. The lowest BCUT2D eigenvalue weighted by atomic mass is 9.91. The second-order valence-electron chi connectivity index (χ2n) is 6.09. The highest BCUT2D eigenvalue weighted by molar-refractivity contribution is 5.79. The van der Waals surface area contributed by atoms with Crippen LogP contribution < -0.4 is 0 Å². The Bertz CT molecular complexity index is 412. The third-order valence-electron chi connectivity index (χ3n) is 4.07. The SMILES string of the molecule is CCCCCC(O)/C=C/[C@@H]1COC[C@H]1CC=CC/C=C\C(=O)O. The summed E-state index contributed by atoms with van der Waals surface area (Å²) in [5.41, 5.74) is 0. The number of aliphatic carboxylic acids is 1. The minimum Gasteiger partial charge on any atom is -0.478 e. The molecule has 2 N–H and O–H groups in total. The van der Waals surface area contributed by atoms with Crippen LogP contribution in [-0.4, -0.2) is 35.5 Å².